The molecule has 0 amide bonds. The van der Waals surface area contributed by atoms with Gasteiger partial charge in [-0.25, -0.2) is 9.97 Å². The van der Waals surface area contributed by atoms with E-state index in [0.717, 1.165) is 44.7 Å². The molecular formula is C20H24N6. The number of nitrogens with zero attached hydrogens (tertiary/aromatic N) is 5. The van der Waals surface area contributed by atoms with Crippen molar-refractivity contribution in [2.75, 3.05) is 13.1 Å². The number of aromatic nitrogens is 5. The van der Waals surface area contributed by atoms with Crippen LogP contribution in [0.15, 0.2) is 42.9 Å². The fourth-order valence-corrected chi connectivity index (χ4v) is 3.49. The van der Waals surface area contributed by atoms with Crippen LogP contribution in [-0.2, 0) is 13.0 Å². The van der Waals surface area contributed by atoms with Crippen LogP contribution >= 0.6 is 0 Å². The third-order valence-electron chi connectivity index (χ3n) is 5.11. The standard InChI is InChI=1S/C20H24N6/c1-2-15-3-5-16(6-4-15)14-26-11-7-17(8-12-26)19-23-20(25-24-19)18-13-21-9-10-22-18/h3-6,9-10,13,17H,2,7-8,11-12,14H2,1H3,(H,23,24,25). The Labute approximate surface area is 153 Å². The van der Waals surface area contributed by atoms with Gasteiger partial charge in [0.15, 0.2) is 0 Å². The van der Waals surface area contributed by atoms with E-state index in [1.807, 2.05) is 0 Å². The normalized spacial score (nSPS) is 16.0. The largest absolute Gasteiger partial charge is 0.299 e. The molecule has 6 heteroatoms. The molecule has 0 unspecified atom stereocenters. The van der Waals surface area contributed by atoms with Gasteiger partial charge in [-0.3, -0.25) is 15.0 Å². The smallest absolute Gasteiger partial charge is 0.201 e. The summed E-state index contributed by atoms with van der Waals surface area (Å²) >= 11 is 0. The topological polar surface area (TPSA) is 70.6 Å². The molecule has 1 aliphatic heterocycles. The predicted molar refractivity (Wildman–Crippen MR) is 100 cm³/mol. The predicted octanol–water partition coefficient (Wildman–Crippen LogP) is 3.20. The quantitative estimate of drug-likeness (QED) is 0.767. The Bertz CT molecular complexity index is 819. The van der Waals surface area contributed by atoms with E-state index in [4.69, 9.17) is 0 Å². The Hall–Kier alpha value is -2.60. The molecule has 4 rings (SSSR count). The first-order chi connectivity index (χ1) is 12.8. The monoisotopic (exact) mass is 348 g/mol. The lowest BCUT2D eigenvalue weighted by molar-refractivity contribution is 0.202. The first-order valence-corrected chi connectivity index (χ1v) is 9.30. The zero-order valence-electron chi connectivity index (χ0n) is 15.1. The molecular weight excluding hydrogens is 324 g/mol. The van der Waals surface area contributed by atoms with Crippen LogP contribution in [0, 0.1) is 0 Å². The summed E-state index contributed by atoms with van der Waals surface area (Å²) < 4.78 is 0. The van der Waals surface area contributed by atoms with Crippen LogP contribution in [0.4, 0.5) is 0 Å². The second-order valence-electron chi connectivity index (χ2n) is 6.86. The van der Waals surface area contributed by atoms with E-state index in [1.165, 1.54) is 11.1 Å². The highest BCUT2D eigenvalue weighted by atomic mass is 15.2. The summed E-state index contributed by atoms with van der Waals surface area (Å²) in [5, 5.41) is 7.42. The van der Waals surface area contributed by atoms with Crippen molar-refractivity contribution in [3.63, 3.8) is 0 Å². The molecule has 0 radical (unpaired) electrons. The highest BCUT2D eigenvalue weighted by Crippen LogP contribution is 2.27. The van der Waals surface area contributed by atoms with E-state index in [1.54, 1.807) is 18.6 Å². The van der Waals surface area contributed by atoms with Gasteiger partial charge in [-0.1, -0.05) is 31.2 Å². The Balaban J connectivity index is 1.34. The van der Waals surface area contributed by atoms with Crippen LogP contribution in [0.25, 0.3) is 11.5 Å². The highest BCUT2D eigenvalue weighted by molar-refractivity contribution is 5.46. The minimum atomic E-state index is 0.437. The zero-order valence-corrected chi connectivity index (χ0v) is 15.1. The minimum Gasteiger partial charge on any atom is -0.299 e. The van der Waals surface area contributed by atoms with Crippen LogP contribution in [0.2, 0.25) is 0 Å². The number of aromatic amines is 1. The molecule has 3 aromatic rings. The molecule has 134 valence electrons. The average molecular weight is 348 g/mol. The second kappa shape index (κ2) is 7.74. The van der Waals surface area contributed by atoms with Crippen molar-refractivity contribution in [3.05, 3.63) is 59.8 Å². The fourth-order valence-electron chi connectivity index (χ4n) is 3.49. The molecule has 1 saturated heterocycles. The summed E-state index contributed by atoms with van der Waals surface area (Å²) in [4.78, 5) is 15.5. The molecule has 26 heavy (non-hydrogen) atoms. The van der Waals surface area contributed by atoms with Gasteiger partial charge in [-0.05, 0) is 43.5 Å². The molecule has 0 spiro atoms. The van der Waals surface area contributed by atoms with Crippen molar-refractivity contribution >= 4 is 0 Å². The second-order valence-corrected chi connectivity index (χ2v) is 6.86. The average Bonchev–Trinajstić information content (AvgIpc) is 3.20. The first-order valence-electron chi connectivity index (χ1n) is 9.30. The van der Waals surface area contributed by atoms with Crippen molar-refractivity contribution in [3.8, 4) is 11.5 Å². The minimum absolute atomic E-state index is 0.437. The van der Waals surface area contributed by atoms with Crippen LogP contribution < -0.4 is 0 Å². The number of hydrogen-bond acceptors (Lipinski definition) is 5. The third-order valence-corrected chi connectivity index (χ3v) is 5.11. The Morgan fingerprint density at radius 2 is 1.85 bits per heavy atom. The maximum absolute atomic E-state index is 4.64. The van der Waals surface area contributed by atoms with Gasteiger partial charge in [-0.2, -0.15) is 5.10 Å². The zero-order chi connectivity index (χ0) is 17.8. The maximum Gasteiger partial charge on any atom is 0.201 e. The molecule has 2 aromatic heterocycles. The van der Waals surface area contributed by atoms with E-state index in [2.05, 4.69) is 61.2 Å². The van der Waals surface area contributed by atoms with E-state index in [-0.39, 0.29) is 0 Å². The lowest BCUT2D eigenvalue weighted by Gasteiger charge is -2.30. The van der Waals surface area contributed by atoms with E-state index in [9.17, 15) is 0 Å². The molecule has 0 saturated carbocycles. The number of likely N-dealkylation sites (tertiary alicyclic amines) is 1. The van der Waals surface area contributed by atoms with Crippen LogP contribution in [0.1, 0.15) is 42.6 Å². The van der Waals surface area contributed by atoms with Crippen molar-refractivity contribution in [2.45, 2.75) is 38.6 Å². The molecule has 0 atom stereocenters. The van der Waals surface area contributed by atoms with Gasteiger partial charge >= 0.3 is 0 Å². The summed E-state index contributed by atoms with van der Waals surface area (Å²) in [6.07, 6.45) is 8.31. The number of piperidine rings is 1. The molecule has 0 aliphatic carbocycles. The summed E-state index contributed by atoms with van der Waals surface area (Å²) in [5.74, 6) is 2.04. The lowest BCUT2D eigenvalue weighted by Crippen LogP contribution is -2.32. The van der Waals surface area contributed by atoms with E-state index in [0.29, 0.717) is 17.4 Å². The Morgan fingerprint density at radius 3 is 2.54 bits per heavy atom. The molecule has 3 heterocycles. The number of hydrogen-bond donors (Lipinski definition) is 1. The SMILES string of the molecule is CCc1ccc(CN2CCC(c3nc(-c4cnccn4)n[nH]3)CC2)cc1. The maximum atomic E-state index is 4.64. The molecule has 1 fully saturated rings. The van der Waals surface area contributed by atoms with Gasteiger partial charge in [-0.15, -0.1) is 0 Å². The highest BCUT2D eigenvalue weighted by Gasteiger charge is 2.23. The Morgan fingerprint density at radius 1 is 1.08 bits per heavy atom. The first kappa shape index (κ1) is 16.8. The van der Waals surface area contributed by atoms with E-state index < -0.39 is 0 Å². The van der Waals surface area contributed by atoms with Crippen molar-refractivity contribution in [2.24, 2.45) is 0 Å². The summed E-state index contributed by atoms with van der Waals surface area (Å²) in [5.41, 5.74) is 3.50. The number of rotatable bonds is 5. The van der Waals surface area contributed by atoms with Gasteiger partial charge in [0, 0.05) is 24.9 Å². The molecule has 0 bridgehead atoms. The van der Waals surface area contributed by atoms with Crippen LogP contribution in [0.3, 0.4) is 0 Å². The van der Waals surface area contributed by atoms with Crippen LogP contribution in [-0.4, -0.2) is 43.1 Å². The van der Waals surface area contributed by atoms with Gasteiger partial charge in [0.25, 0.3) is 0 Å². The molecule has 1 N–H and O–H groups in total. The molecule has 1 aliphatic rings. The number of H-pyrrole nitrogens is 1. The van der Waals surface area contributed by atoms with E-state index >= 15 is 0 Å². The number of nitrogens with one attached hydrogen (secondary N) is 1. The molecule has 6 nitrogen and oxygen atoms in total. The van der Waals surface area contributed by atoms with Gasteiger partial charge < -0.3 is 0 Å². The van der Waals surface area contributed by atoms with Crippen LogP contribution in [0.5, 0.6) is 0 Å². The van der Waals surface area contributed by atoms with Crippen molar-refractivity contribution in [1.29, 1.82) is 0 Å². The van der Waals surface area contributed by atoms with Crippen molar-refractivity contribution in [1.82, 2.24) is 30.0 Å². The fraction of sp³-hybridized carbons (Fsp3) is 0.400. The van der Waals surface area contributed by atoms with Gasteiger partial charge in [0.1, 0.15) is 11.5 Å². The summed E-state index contributed by atoms with van der Waals surface area (Å²) in [6.45, 7) is 5.39. The number of benzene rings is 1. The molecule has 1 aromatic carbocycles. The van der Waals surface area contributed by atoms with Gasteiger partial charge in [0.2, 0.25) is 5.82 Å². The Kier molecular flexibility index (Phi) is 5.02. The van der Waals surface area contributed by atoms with Crippen molar-refractivity contribution < 1.29 is 0 Å². The van der Waals surface area contributed by atoms with Gasteiger partial charge in [0.05, 0.1) is 6.20 Å². The number of aryl methyl sites for hydroxylation is 1. The summed E-state index contributed by atoms with van der Waals surface area (Å²) in [6, 6.07) is 9.00. The third kappa shape index (κ3) is 3.80. The lowest BCUT2D eigenvalue weighted by atomic mass is 9.95. The summed E-state index contributed by atoms with van der Waals surface area (Å²) in [7, 11) is 0.